The highest BCUT2D eigenvalue weighted by atomic mass is 16.6. The number of carbonyl (C=O) groups excluding carboxylic acids is 1. The Bertz CT molecular complexity index is 936. The highest BCUT2D eigenvalue weighted by Crippen LogP contribution is 2.53. The van der Waals surface area contributed by atoms with Crippen LogP contribution in [0.3, 0.4) is 0 Å². The van der Waals surface area contributed by atoms with Gasteiger partial charge in [0.05, 0.1) is 6.33 Å². The van der Waals surface area contributed by atoms with Crippen LogP contribution in [-0.2, 0) is 16.1 Å². The van der Waals surface area contributed by atoms with Crippen LogP contribution < -0.4 is 10.9 Å². The van der Waals surface area contributed by atoms with Crippen LogP contribution in [0.2, 0.25) is 0 Å². The smallest absolute Gasteiger partial charge is 0.283 e. The molecule has 1 saturated heterocycles. The predicted molar refractivity (Wildman–Crippen MR) is 71.3 cm³/mol. The Hall–Kier alpha value is -2.34. The molecule has 120 valence electrons. The van der Waals surface area contributed by atoms with E-state index < -0.39 is 35.7 Å². The lowest BCUT2D eigenvalue weighted by Gasteiger charge is -2.22. The van der Waals surface area contributed by atoms with E-state index in [1.165, 1.54) is 15.5 Å². The first kappa shape index (κ1) is 13.1. The standard InChI is InChI=1S/C12H11N5O6/c18-3-1-16-9(21)4-8(15-11(16)14-3)17(2-13-4)10-6(20)12(22)5(19)7(12)23-10/h2,5-7,10,19-20,22H,1H2,(H,14,15,18)/t5?,6-,7+,10+,12-/m0/s1. The molecule has 2 aromatic heterocycles. The van der Waals surface area contributed by atoms with Crippen LogP contribution in [0, 0.1) is 0 Å². The quantitative estimate of drug-likeness (QED) is 0.431. The molecule has 0 aromatic carbocycles. The molecule has 2 aromatic rings. The monoisotopic (exact) mass is 321 g/mol. The number of ether oxygens (including phenoxy) is 1. The van der Waals surface area contributed by atoms with Gasteiger partial charge in [0.15, 0.2) is 23.0 Å². The molecule has 0 bridgehead atoms. The van der Waals surface area contributed by atoms with Gasteiger partial charge in [0.2, 0.25) is 11.9 Å². The Morgan fingerprint density at radius 2 is 2.13 bits per heavy atom. The van der Waals surface area contributed by atoms with E-state index in [0.29, 0.717) is 0 Å². The third kappa shape index (κ3) is 1.38. The number of aromatic nitrogens is 4. The van der Waals surface area contributed by atoms with Gasteiger partial charge in [0.1, 0.15) is 24.9 Å². The number of nitrogens with one attached hydrogen (secondary N) is 1. The molecule has 11 heteroatoms. The van der Waals surface area contributed by atoms with Crippen LogP contribution in [0.25, 0.3) is 11.2 Å². The van der Waals surface area contributed by atoms with E-state index in [2.05, 4.69) is 15.3 Å². The summed E-state index contributed by atoms with van der Waals surface area (Å²) in [5.41, 5.74) is -2.07. The first-order chi connectivity index (χ1) is 10.9. The Balaban J connectivity index is 1.65. The third-order valence-electron chi connectivity index (χ3n) is 4.65. The van der Waals surface area contributed by atoms with Crippen LogP contribution in [-0.4, -0.2) is 64.2 Å². The zero-order valence-electron chi connectivity index (χ0n) is 11.4. The molecule has 2 aliphatic heterocycles. The van der Waals surface area contributed by atoms with E-state index in [1.807, 2.05) is 0 Å². The molecule has 1 amide bonds. The first-order valence-corrected chi connectivity index (χ1v) is 6.94. The van der Waals surface area contributed by atoms with E-state index >= 15 is 0 Å². The fraction of sp³-hybridized carbons (Fsp3) is 0.500. The Morgan fingerprint density at radius 1 is 1.35 bits per heavy atom. The van der Waals surface area contributed by atoms with Crippen molar-refractivity contribution in [3.63, 3.8) is 0 Å². The van der Waals surface area contributed by atoms with Crippen LogP contribution in [0.4, 0.5) is 5.95 Å². The van der Waals surface area contributed by atoms with Gasteiger partial charge in [-0.3, -0.25) is 24.0 Å². The number of aliphatic hydroxyl groups is 3. The SMILES string of the molecule is O=C1Cn2c(nc3c(ncn3[C@@H]3O[C@@H]4C(O)[C@]4(O)[C@H]3O)c2=O)N1. The number of rotatable bonds is 1. The van der Waals surface area contributed by atoms with Crippen LogP contribution in [0.15, 0.2) is 11.1 Å². The van der Waals surface area contributed by atoms with E-state index in [1.54, 1.807) is 0 Å². The maximum atomic E-state index is 12.3. The molecule has 3 aliphatic rings. The van der Waals surface area contributed by atoms with Gasteiger partial charge in [-0.2, -0.15) is 4.98 Å². The number of aliphatic hydroxyl groups excluding tert-OH is 2. The van der Waals surface area contributed by atoms with Gasteiger partial charge in [-0.25, -0.2) is 4.98 Å². The maximum absolute atomic E-state index is 12.3. The molecule has 23 heavy (non-hydrogen) atoms. The second kappa shape index (κ2) is 3.76. The summed E-state index contributed by atoms with van der Waals surface area (Å²) >= 11 is 0. The van der Waals surface area contributed by atoms with Crippen molar-refractivity contribution >= 4 is 23.0 Å². The average Bonchev–Trinajstić information content (AvgIpc) is 2.93. The number of anilines is 1. The van der Waals surface area contributed by atoms with E-state index in [9.17, 15) is 24.9 Å². The fourth-order valence-electron chi connectivity index (χ4n) is 3.28. The second-order valence-electron chi connectivity index (χ2n) is 5.92. The van der Waals surface area contributed by atoms with Gasteiger partial charge in [-0.05, 0) is 0 Å². The fourth-order valence-corrected chi connectivity index (χ4v) is 3.28. The molecule has 5 rings (SSSR count). The Kier molecular flexibility index (Phi) is 2.15. The molecular formula is C12H11N5O6. The summed E-state index contributed by atoms with van der Waals surface area (Å²) in [5.74, 6) is -0.268. The molecule has 0 radical (unpaired) electrons. The Morgan fingerprint density at radius 3 is 2.83 bits per heavy atom. The Labute approximate surface area is 126 Å². The lowest BCUT2D eigenvalue weighted by atomic mass is 10.1. The topological polar surface area (TPSA) is 152 Å². The largest absolute Gasteiger partial charge is 0.387 e. The predicted octanol–water partition coefficient (Wildman–Crippen LogP) is -3.09. The zero-order valence-corrected chi connectivity index (χ0v) is 11.4. The minimum atomic E-state index is -1.72. The minimum absolute atomic E-state index is 0.0224. The highest BCUT2D eigenvalue weighted by molar-refractivity contribution is 5.93. The summed E-state index contributed by atoms with van der Waals surface area (Å²) in [5, 5.41) is 32.3. The summed E-state index contributed by atoms with van der Waals surface area (Å²) in [6.45, 7) is -0.124. The maximum Gasteiger partial charge on any atom is 0.283 e. The van der Waals surface area contributed by atoms with Crippen LogP contribution in [0.1, 0.15) is 6.23 Å². The number of amides is 1. The van der Waals surface area contributed by atoms with Gasteiger partial charge < -0.3 is 20.1 Å². The van der Waals surface area contributed by atoms with Crippen molar-refractivity contribution in [2.45, 2.75) is 36.7 Å². The minimum Gasteiger partial charge on any atom is -0.387 e. The highest BCUT2D eigenvalue weighted by Gasteiger charge is 2.76. The summed E-state index contributed by atoms with van der Waals surface area (Å²) in [7, 11) is 0. The summed E-state index contributed by atoms with van der Waals surface area (Å²) < 4.78 is 7.91. The molecule has 2 fully saturated rings. The van der Waals surface area contributed by atoms with Crippen molar-refractivity contribution in [2.75, 3.05) is 5.32 Å². The second-order valence-corrected chi connectivity index (χ2v) is 5.92. The number of hydrogen-bond donors (Lipinski definition) is 4. The first-order valence-electron chi connectivity index (χ1n) is 6.94. The van der Waals surface area contributed by atoms with Gasteiger partial charge in [0, 0.05) is 0 Å². The van der Waals surface area contributed by atoms with Gasteiger partial charge in [-0.15, -0.1) is 0 Å². The van der Waals surface area contributed by atoms with Gasteiger partial charge in [-0.1, -0.05) is 0 Å². The zero-order chi connectivity index (χ0) is 16.1. The number of carbonyl (C=O) groups is 1. The summed E-state index contributed by atoms with van der Waals surface area (Å²) in [6.07, 6.45) is -3.20. The molecule has 4 heterocycles. The van der Waals surface area contributed by atoms with Gasteiger partial charge >= 0.3 is 0 Å². The molecule has 1 saturated carbocycles. The number of imidazole rings is 1. The molecule has 5 atom stereocenters. The van der Waals surface area contributed by atoms with Crippen molar-refractivity contribution < 1.29 is 24.9 Å². The lowest BCUT2D eigenvalue weighted by molar-refractivity contribution is -0.115. The van der Waals surface area contributed by atoms with Crippen molar-refractivity contribution in [3.8, 4) is 0 Å². The molecule has 11 nitrogen and oxygen atoms in total. The van der Waals surface area contributed by atoms with Crippen molar-refractivity contribution in [1.29, 1.82) is 0 Å². The number of hydrogen-bond acceptors (Lipinski definition) is 8. The van der Waals surface area contributed by atoms with Crippen molar-refractivity contribution in [1.82, 2.24) is 19.1 Å². The molecule has 1 aliphatic carbocycles. The summed E-state index contributed by atoms with van der Waals surface area (Å²) in [6, 6.07) is 0. The van der Waals surface area contributed by atoms with E-state index in [0.717, 1.165) is 0 Å². The molecule has 4 N–H and O–H groups in total. The van der Waals surface area contributed by atoms with Crippen LogP contribution >= 0.6 is 0 Å². The van der Waals surface area contributed by atoms with Crippen LogP contribution in [0.5, 0.6) is 0 Å². The van der Waals surface area contributed by atoms with Crippen molar-refractivity contribution in [2.24, 2.45) is 0 Å². The number of fused-ring (bicyclic) bond motifs is 3. The molecular weight excluding hydrogens is 310 g/mol. The lowest BCUT2D eigenvalue weighted by Crippen LogP contribution is -2.36. The third-order valence-corrected chi connectivity index (χ3v) is 4.65. The van der Waals surface area contributed by atoms with E-state index in [4.69, 9.17) is 4.74 Å². The average molecular weight is 321 g/mol. The number of nitrogens with zero attached hydrogens (tertiary/aromatic N) is 4. The molecule has 1 unspecified atom stereocenters. The molecule has 0 spiro atoms. The normalized spacial score (nSPS) is 37.8. The summed E-state index contributed by atoms with van der Waals surface area (Å²) in [4.78, 5) is 31.9. The van der Waals surface area contributed by atoms with Crippen molar-refractivity contribution in [3.05, 3.63) is 16.7 Å². The van der Waals surface area contributed by atoms with Gasteiger partial charge in [0.25, 0.3) is 5.56 Å². The van der Waals surface area contributed by atoms with E-state index in [-0.39, 0.29) is 29.6 Å².